The Bertz CT molecular complexity index is 706. The van der Waals surface area contributed by atoms with Gasteiger partial charge in [-0.15, -0.1) is 0 Å². The number of rotatable bonds is 4. The zero-order chi connectivity index (χ0) is 17.5. The Balaban J connectivity index is 1.86. The van der Waals surface area contributed by atoms with Crippen LogP contribution in [0.3, 0.4) is 0 Å². The molecule has 1 aromatic rings. The average Bonchev–Trinajstić information content (AvgIpc) is 2.87. The SMILES string of the molecule is CN(C1CCC(CO)CC1)S(=O)(=O)c1cccc2c1OC(C)(C)C2. The van der Waals surface area contributed by atoms with Gasteiger partial charge in [-0.2, -0.15) is 4.31 Å². The summed E-state index contributed by atoms with van der Waals surface area (Å²) < 4.78 is 33.7. The van der Waals surface area contributed by atoms with Crippen LogP contribution in [-0.2, 0) is 16.4 Å². The highest BCUT2D eigenvalue weighted by Gasteiger charge is 2.38. The Kier molecular flexibility index (Phi) is 4.66. The van der Waals surface area contributed by atoms with E-state index in [-0.39, 0.29) is 23.1 Å². The summed E-state index contributed by atoms with van der Waals surface area (Å²) in [6.45, 7) is 4.14. The van der Waals surface area contributed by atoms with Crippen molar-refractivity contribution in [3.05, 3.63) is 23.8 Å². The average molecular weight is 353 g/mol. The Morgan fingerprint density at radius 3 is 2.54 bits per heavy atom. The molecule has 0 atom stereocenters. The first-order valence-corrected chi connectivity index (χ1v) is 10.1. The molecule has 1 fully saturated rings. The molecule has 1 aliphatic heterocycles. The summed E-state index contributed by atoms with van der Waals surface area (Å²) in [7, 11) is -1.93. The van der Waals surface area contributed by atoms with E-state index in [9.17, 15) is 13.5 Å². The van der Waals surface area contributed by atoms with Crippen LogP contribution < -0.4 is 4.74 Å². The highest BCUT2D eigenvalue weighted by atomic mass is 32.2. The Hall–Kier alpha value is -1.11. The van der Waals surface area contributed by atoms with E-state index in [1.165, 1.54) is 4.31 Å². The summed E-state index contributed by atoms with van der Waals surface area (Å²) in [5.41, 5.74) is 0.588. The highest BCUT2D eigenvalue weighted by Crippen LogP contribution is 2.41. The summed E-state index contributed by atoms with van der Waals surface area (Å²) >= 11 is 0. The first-order chi connectivity index (χ1) is 11.2. The Labute approximate surface area is 144 Å². The maximum absolute atomic E-state index is 13.1. The molecule has 0 unspecified atom stereocenters. The predicted molar refractivity (Wildman–Crippen MR) is 92.6 cm³/mol. The molecular weight excluding hydrogens is 326 g/mol. The topological polar surface area (TPSA) is 66.8 Å². The number of para-hydroxylation sites is 1. The fourth-order valence-electron chi connectivity index (χ4n) is 3.83. The van der Waals surface area contributed by atoms with Crippen molar-refractivity contribution in [3.8, 4) is 5.75 Å². The molecule has 24 heavy (non-hydrogen) atoms. The zero-order valence-corrected chi connectivity index (χ0v) is 15.5. The van der Waals surface area contributed by atoms with E-state index in [2.05, 4.69) is 0 Å². The number of nitrogens with zero attached hydrogens (tertiary/aromatic N) is 1. The molecule has 3 rings (SSSR count). The predicted octanol–water partition coefficient (Wildman–Crippen LogP) is 2.57. The van der Waals surface area contributed by atoms with E-state index < -0.39 is 10.0 Å². The molecular formula is C18H27NO4S. The van der Waals surface area contributed by atoms with Gasteiger partial charge >= 0.3 is 0 Å². The van der Waals surface area contributed by atoms with E-state index >= 15 is 0 Å². The van der Waals surface area contributed by atoms with Gasteiger partial charge in [0.15, 0.2) is 0 Å². The van der Waals surface area contributed by atoms with E-state index in [0.29, 0.717) is 11.7 Å². The second kappa shape index (κ2) is 6.32. The highest BCUT2D eigenvalue weighted by molar-refractivity contribution is 7.89. The minimum atomic E-state index is -3.59. The standard InChI is InChI=1S/C18H27NO4S/c1-18(2)11-14-5-4-6-16(17(14)23-18)24(21,22)19(3)15-9-7-13(12-20)8-10-15/h4-6,13,15,20H,7-12H2,1-3H3. The molecule has 0 saturated heterocycles. The number of sulfonamides is 1. The summed E-state index contributed by atoms with van der Waals surface area (Å²) in [5, 5.41) is 9.26. The minimum absolute atomic E-state index is 0.0110. The summed E-state index contributed by atoms with van der Waals surface area (Å²) in [6.07, 6.45) is 4.05. The lowest BCUT2D eigenvalue weighted by Gasteiger charge is -2.33. The number of aliphatic hydroxyl groups excluding tert-OH is 1. The van der Waals surface area contributed by atoms with Crippen LogP contribution in [0.4, 0.5) is 0 Å². The van der Waals surface area contributed by atoms with Gasteiger partial charge in [-0.25, -0.2) is 8.42 Å². The summed E-state index contributed by atoms with van der Waals surface area (Å²) in [4.78, 5) is 0.275. The van der Waals surface area contributed by atoms with Crippen LogP contribution in [0.2, 0.25) is 0 Å². The van der Waals surface area contributed by atoms with E-state index in [1.807, 2.05) is 19.9 Å². The van der Waals surface area contributed by atoms with E-state index in [0.717, 1.165) is 37.7 Å². The molecule has 0 bridgehead atoms. The monoisotopic (exact) mass is 353 g/mol. The quantitative estimate of drug-likeness (QED) is 0.903. The fourth-order valence-corrected chi connectivity index (χ4v) is 5.40. The number of hydrogen-bond donors (Lipinski definition) is 1. The van der Waals surface area contributed by atoms with Gasteiger partial charge < -0.3 is 9.84 Å². The third-order valence-corrected chi connectivity index (χ3v) is 7.23. The van der Waals surface area contributed by atoms with Crippen molar-refractivity contribution in [1.82, 2.24) is 4.31 Å². The van der Waals surface area contributed by atoms with Crippen molar-refractivity contribution >= 4 is 10.0 Å². The minimum Gasteiger partial charge on any atom is -0.486 e. The van der Waals surface area contributed by atoms with Gasteiger partial charge in [-0.1, -0.05) is 12.1 Å². The van der Waals surface area contributed by atoms with Crippen molar-refractivity contribution in [2.75, 3.05) is 13.7 Å². The first-order valence-electron chi connectivity index (χ1n) is 8.64. The summed E-state index contributed by atoms with van der Waals surface area (Å²) in [5.74, 6) is 0.820. The fraction of sp³-hybridized carbons (Fsp3) is 0.667. The van der Waals surface area contributed by atoms with Crippen LogP contribution in [0.25, 0.3) is 0 Å². The lowest BCUT2D eigenvalue weighted by molar-refractivity contribution is 0.134. The largest absolute Gasteiger partial charge is 0.486 e. The van der Waals surface area contributed by atoms with Crippen LogP contribution in [-0.4, -0.2) is 43.1 Å². The third kappa shape index (κ3) is 3.19. The molecule has 134 valence electrons. The molecule has 2 aliphatic rings. The van der Waals surface area contributed by atoms with Gasteiger partial charge in [0, 0.05) is 26.1 Å². The first kappa shape index (κ1) is 17.7. The third-order valence-electron chi connectivity index (χ3n) is 5.30. The molecule has 0 radical (unpaired) electrons. The number of benzene rings is 1. The molecule has 1 aliphatic carbocycles. The van der Waals surface area contributed by atoms with Gasteiger partial charge in [0.2, 0.25) is 10.0 Å². The van der Waals surface area contributed by atoms with Crippen LogP contribution in [0, 0.1) is 5.92 Å². The van der Waals surface area contributed by atoms with Crippen LogP contribution in [0.1, 0.15) is 45.1 Å². The van der Waals surface area contributed by atoms with Crippen molar-refractivity contribution in [1.29, 1.82) is 0 Å². The zero-order valence-electron chi connectivity index (χ0n) is 14.7. The van der Waals surface area contributed by atoms with Crippen molar-refractivity contribution in [2.45, 2.75) is 62.5 Å². The normalized spacial score (nSPS) is 26.2. The molecule has 6 heteroatoms. The van der Waals surface area contributed by atoms with Crippen LogP contribution in [0.5, 0.6) is 5.75 Å². The number of fused-ring (bicyclic) bond motifs is 1. The molecule has 0 aromatic heterocycles. The van der Waals surface area contributed by atoms with Crippen molar-refractivity contribution < 1.29 is 18.3 Å². The molecule has 5 nitrogen and oxygen atoms in total. The number of ether oxygens (including phenoxy) is 1. The lowest BCUT2D eigenvalue weighted by Crippen LogP contribution is -2.40. The molecule has 0 amide bonds. The molecule has 0 spiro atoms. The summed E-state index contributed by atoms with van der Waals surface area (Å²) in [6, 6.07) is 5.37. The number of aliphatic hydroxyl groups is 1. The van der Waals surface area contributed by atoms with E-state index in [1.54, 1.807) is 19.2 Å². The maximum atomic E-state index is 13.1. The van der Waals surface area contributed by atoms with Crippen LogP contribution in [0.15, 0.2) is 23.1 Å². The smallest absolute Gasteiger partial charge is 0.246 e. The van der Waals surface area contributed by atoms with Crippen LogP contribution >= 0.6 is 0 Å². The molecule has 1 heterocycles. The second-order valence-corrected chi connectivity index (χ2v) is 9.63. The van der Waals surface area contributed by atoms with Gasteiger partial charge in [-0.3, -0.25) is 0 Å². The second-order valence-electron chi connectivity index (χ2n) is 7.66. The molecule has 1 saturated carbocycles. The Morgan fingerprint density at radius 2 is 1.92 bits per heavy atom. The lowest BCUT2D eigenvalue weighted by atomic mass is 9.87. The maximum Gasteiger partial charge on any atom is 0.246 e. The van der Waals surface area contributed by atoms with Crippen molar-refractivity contribution in [2.24, 2.45) is 5.92 Å². The Morgan fingerprint density at radius 1 is 1.25 bits per heavy atom. The number of hydrogen-bond acceptors (Lipinski definition) is 4. The van der Waals surface area contributed by atoms with Gasteiger partial charge in [0.1, 0.15) is 16.2 Å². The van der Waals surface area contributed by atoms with Crippen molar-refractivity contribution in [3.63, 3.8) is 0 Å². The van der Waals surface area contributed by atoms with E-state index in [4.69, 9.17) is 4.74 Å². The van der Waals surface area contributed by atoms with Gasteiger partial charge in [0.25, 0.3) is 0 Å². The molecule has 1 aromatic carbocycles. The van der Waals surface area contributed by atoms with Gasteiger partial charge in [0.05, 0.1) is 0 Å². The molecule has 1 N–H and O–H groups in total. The van der Waals surface area contributed by atoms with Gasteiger partial charge in [-0.05, 0) is 57.1 Å².